The number of rotatable bonds is 4. The molecule has 0 aliphatic heterocycles. The lowest BCUT2D eigenvalue weighted by Gasteiger charge is -2.12. The molecule has 0 unspecified atom stereocenters. The molecule has 1 N–H and O–H groups in total. The predicted octanol–water partition coefficient (Wildman–Crippen LogP) is 4.24. The molecule has 122 valence electrons. The zero-order valence-corrected chi connectivity index (χ0v) is 14.5. The summed E-state index contributed by atoms with van der Waals surface area (Å²) in [4.78, 5) is 0.291. The van der Waals surface area contributed by atoms with E-state index in [0.29, 0.717) is 10.5 Å². The number of nitrogens with one attached hydrogen (secondary N) is 1. The van der Waals surface area contributed by atoms with E-state index in [0.717, 1.165) is 22.3 Å². The maximum absolute atomic E-state index is 12.3. The van der Waals surface area contributed by atoms with Gasteiger partial charge in [0.1, 0.15) is 0 Å². The van der Waals surface area contributed by atoms with Crippen LogP contribution in [0.25, 0.3) is 22.3 Å². The quantitative estimate of drug-likeness (QED) is 0.774. The highest BCUT2D eigenvalue weighted by Gasteiger charge is 2.17. The molecular formula is C20H19NO2S. The summed E-state index contributed by atoms with van der Waals surface area (Å²) in [6, 6.07) is 23.3. The molecule has 0 radical (unpaired) electrons. The summed E-state index contributed by atoms with van der Waals surface area (Å²) in [5, 5.41) is 0. The SMILES string of the molecule is CNS(=O)(=O)c1ccccc1-c1ccc(-c2ccccc2)c(C)c1. The Morgan fingerprint density at radius 3 is 2.08 bits per heavy atom. The topological polar surface area (TPSA) is 46.2 Å². The van der Waals surface area contributed by atoms with Crippen LogP contribution in [0, 0.1) is 6.92 Å². The van der Waals surface area contributed by atoms with Gasteiger partial charge in [0, 0.05) is 5.56 Å². The van der Waals surface area contributed by atoms with Gasteiger partial charge in [-0.3, -0.25) is 0 Å². The molecule has 3 nitrogen and oxygen atoms in total. The van der Waals surface area contributed by atoms with Crippen molar-refractivity contribution in [3.05, 3.63) is 78.4 Å². The Bertz CT molecular complexity index is 964. The molecule has 0 aromatic heterocycles. The average molecular weight is 337 g/mol. The Labute approximate surface area is 143 Å². The highest BCUT2D eigenvalue weighted by atomic mass is 32.2. The number of hydrogen-bond donors (Lipinski definition) is 1. The van der Waals surface area contributed by atoms with Crippen LogP contribution in [0.3, 0.4) is 0 Å². The average Bonchev–Trinajstić information content (AvgIpc) is 2.62. The van der Waals surface area contributed by atoms with Crippen molar-refractivity contribution in [2.45, 2.75) is 11.8 Å². The third kappa shape index (κ3) is 3.11. The Balaban J connectivity index is 2.12. The van der Waals surface area contributed by atoms with Gasteiger partial charge in [-0.25, -0.2) is 13.1 Å². The van der Waals surface area contributed by atoms with E-state index in [9.17, 15) is 8.42 Å². The standard InChI is InChI=1S/C20H19NO2S/c1-15-14-17(12-13-18(15)16-8-4-3-5-9-16)19-10-6-7-11-20(19)24(22,23)21-2/h3-14,21H,1-2H3. The van der Waals surface area contributed by atoms with Gasteiger partial charge in [-0.05, 0) is 42.3 Å². The molecule has 3 rings (SSSR count). The monoisotopic (exact) mass is 337 g/mol. The van der Waals surface area contributed by atoms with Crippen molar-refractivity contribution < 1.29 is 8.42 Å². The van der Waals surface area contributed by atoms with E-state index in [-0.39, 0.29) is 0 Å². The van der Waals surface area contributed by atoms with E-state index in [1.807, 2.05) is 55.5 Å². The van der Waals surface area contributed by atoms with Crippen molar-refractivity contribution >= 4 is 10.0 Å². The van der Waals surface area contributed by atoms with Crippen molar-refractivity contribution in [2.24, 2.45) is 0 Å². The molecule has 0 aliphatic rings. The first-order valence-corrected chi connectivity index (χ1v) is 9.20. The molecule has 0 aliphatic carbocycles. The minimum atomic E-state index is -3.50. The molecule has 24 heavy (non-hydrogen) atoms. The highest BCUT2D eigenvalue weighted by Crippen LogP contribution is 2.31. The fraction of sp³-hybridized carbons (Fsp3) is 0.100. The van der Waals surface area contributed by atoms with Crippen molar-refractivity contribution in [1.29, 1.82) is 0 Å². The summed E-state index contributed by atoms with van der Waals surface area (Å²) < 4.78 is 26.9. The van der Waals surface area contributed by atoms with Crippen LogP contribution in [0.4, 0.5) is 0 Å². The number of hydrogen-bond acceptors (Lipinski definition) is 2. The second-order valence-electron chi connectivity index (χ2n) is 5.60. The molecule has 0 atom stereocenters. The summed E-state index contributed by atoms with van der Waals surface area (Å²) in [6.07, 6.45) is 0. The third-order valence-corrected chi connectivity index (χ3v) is 5.54. The maximum Gasteiger partial charge on any atom is 0.240 e. The van der Waals surface area contributed by atoms with Gasteiger partial charge in [0.25, 0.3) is 0 Å². The largest absolute Gasteiger partial charge is 0.240 e. The molecule has 0 saturated heterocycles. The summed E-state index contributed by atoms with van der Waals surface area (Å²) in [5.41, 5.74) is 5.00. The first-order chi connectivity index (χ1) is 11.5. The van der Waals surface area contributed by atoms with E-state index in [4.69, 9.17) is 0 Å². The van der Waals surface area contributed by atoms with Crippen LogP contribution in [0.1, 0.15) is 5.56 Å². The smallest absolute Gasteiger partial charge is 0.214 e. The van der Waals surface area contributed by atoms with Crippen LogP contribution in [-0.4, -0.2) is 15.5 Å². The number of aryl methyl sites for hydroxylation is 1. The molecule has 0 amide bonds. The molecule has 4 heteroatoms. The summed E-state index contributed by atoms with van der Waals surface area (Å²) in [7, 11) is -2.08. The second-order valence-corrected chi connectivity index (χ2v) is 7.45. The number of benzene rings is 3. The van der Waals surface area contributed by atoms with Gasteiger partial charge in [0.05, 0.1) is 4.90 Å². The van der Waals surface area contributed by atoms with Crippen LogP contribution < -0.4 is 4.72 Å². The molecule has 0 saturated carbocycles. The van der Waals surface area contributed by atoms with Crippen molar-refractivity contribution in [3.8, 4) is 22.3 Å². The van der Waals surface area contributed by atoms with E-state index in [2.05, 4.69) is 16.9 Å². The first kappa shape index (κ1) is 16.4. The van der Waals surface area contributed by atoms with Crippen molar-refractivity contribution in [3.63, 3.8) is 0 Å². The minimum Gasteiger partial charge on any atom is -0.214 e. The van der Waals surface area contributed by atoms with Crippen LogP contribution in [-0.2, 0) is 10.0 Å². The van der Waals surface area contributed by atoms with Crippen molar-refractivity contribution in [2.75, 3.05) is 7.05 Å². The Morgan fingerprint density at radius 1 is 0.750 bits per heavy atom. The van der Waals surface area contributed by atoms with E-state index in [1.54, 1.807) is 12.1 Å². The van der Waals surface area contributed by atoms with Crippen LogP contribution in [0.2, 0.25) is 0 Å². The van der Waals surface area contributed by atoms with E-state index < -0.39 is 10.0 Å². The van der Waals surface area contributed by atoms with Gasteiger partial charge in [-0.15, -0.1) is 0 Å². The Morgan fingerprint density at radius 2 is 1.42 bits per heavy atom. The summed E-state index contributed by atoms with van der Waals surface area (Å²) in [6.45, 7) is 2.04. The molecule has 3 aromatic rings. The number of sulfonamides is 1. The summed E-state index contributed by atoms with van der Waals surface area (Å²) >= 11 is 0. The molecule has 0 fully saturated rings. The third-order valence-electron chi connectivity index (χ3n) is 4.07. The molecule has 0 heterocycles. The molecule has 0 bridgehead atoms. The Kier molecular flexibility index (Phi) is 4.51. The lowest BCUT2D eigenvalue weighted by Crippen LogP contribution is -2.19. The fourth-order valence-electron chi connectivity index (χ4n) is 2.82. The maximum atomic E-state index is 12.3. The van der Waals surface area contributed by atoms with Gasteiger partial charge in [-0.2, -0.15) is 0 Å². The minimum absolute atomic E-state index is 0.291. The van der Waals surface area contributed by atoms with Gasteiger partial charge in [-0.1, -0.05) is 66.7 Å². The fourth-order valence-corrected chi connectivity index (χ4v) is 3.78. The normalized spacial score (nSPS) is 11.4. The van der Waals surface area contributed by atoms with Crippen LogP contribution in [0.5, 0.6) is 0 Å². The lowest BCUT2D eigenvalue weighted by atomic mass is 9.96. The van der Waals surface area contributed by atoms with Crippen LogP contribution >= 0.6 is 0 Å². The predicted molar refractivity (Wildman–Crippen MR) is 98.3 cm³/mol. The lowest BCUT2D eigenvalue weighted by molar-refractivity contribution is 0.588. The summed E-state index contributed by atoms with van der Waals surface area (Å²) in [5.74, 6) is 0. The zero-order chi connectivity index (χ0) is 17.2. The molecule has 0 spiro atoms. The molecule has 3 aromatic carbocycles. The van der Waals surface area contributed by atoms with Crippen LogP contribution in [0.15, 0.2) is 77.7 Å². The Hall–Kier alpha value is -2.43. The van der Waals surface area contributed by atoms with E-state index >= 15 is 0 Å². The van der Waals surface area contributed by atoms with Gasteiger partial charge >= 0.3 is 0 Å². The van der Waals surface area contributed by atoms with E-state index in [1.165, 1.54) is 7.05 Å². The zero-order valence-electron chi connectivity index (χ0n) is 13.7. The van der Waals surface area contributed by atoms with Gasteiger partial charge in [0.2, 0.25) is 10.0 Å². The van der Waals surface area contributed by atoms with Gasteiger partial charge < -0.3 is 0 Å². The first-order valence-electron chi connectivity index (χ1n) is 7.72. The van der Waals surface area contributed by atoms with Crippen molar-refractivity contribution in [1.82, 2.24) is 4.72 Å². The highest BCUT2D eigenvalue weighted by molar-refractivity contribution is 7.89. The van der Waals surface area contributed by atoms with Gasteiger partial charge in [0.15, 0.2) is 0 Å². The second kappa shape index (κ2) is 6.59. The molecular weight excluding hydrogens is 318 g/mol.